The van der Waals surface area contributed by atoms with Gasteiger partial charge < -0.3 is 9.84 Å². The Balaban J connectivity index is 2.89. The fourth-order valence-electron chi connectivity index (χ4n) is 1.13. The number of benzene rings is 1. The van der Waals surface area contributed by atoms with Gasteiger partial charge in [-0.15, -0.1) is 0 Å². The second-order valence-corrected chi connectivity index (χ2v) is 2.88. The molecule has 0 aromatic heterocycles. The van der Waals surface area contributed by atoms with Crippen LogP contribution in [0.3, 0.4) is 0 Å². The van der Waals surface area contributed by atoms with Crippen molar-refractivity contribution in [2.24, 2.45) is 0 Å². The van der Waals surface area contributed by atoms with Gasteiger partial charge in [0.1, 0.15) is 5.78 Å². The monoisotopic (exact) mass is 180 g/mol. The predicted octanol–water partition coefficient (Wildman–Crippen LogP) is 1.53. The molecule has 1 aromatic carbocycles. The molecule has 1 aromatic rings. The van der Waals surface area contributed by atoms with E-state index < -0.39 is 0 Å². The van der Waals surface area contributed by atoms with Crippen molar-refractivity contribution in [3.63, 3.8) is 0 Å². The van der Waals surface area contributed by atoms with Crippen LogP contribution in [0.25, 0.3) is 0 Å². The largest absolute Gasteiger partial charge is 0.504 e. The molecular weight excluding hydrogens is 168 g/mol. The Hall–Kier alpha value is -1.51. The average molecular weight is 180 g/mol. The third-order valence-corrected chi connectivity index (χ3v) is 1.70. The molecule has 0 aliphatic rings. The standard InChI is InChI=1S/C10H12O3/c1-7(11)5-8-3-4-10(13-2)9(12)6-8/h3-4,6,12H,5H2,1-2H3. The van der Waals surface area contributed by atoms with Gasteiger partial charge in [-0.05, 0) is 24.6 Å². The van der Waals surface area contributed by atoms with Crippen LogP contribution < -0.4 is 4.74 Å². The van der Waals surface area contributed by atoms with Crippen molar-refractivity contribution in [3.05, 3.63) is 23.8 Å². The van der Waals surface area contributed by atoms with Gasteiger partial charge in [0.25, 0.3) is 0 Å². The molecule has 3 nitrogen and oxygen atoms in total. The number of phenols is 1. The number of aromatic hydroxyl groups is 1. The first-order valence-corrected chi connectivity index (χ1v) is 3.99. The molecule has 0 radical (unpaired) electrons. The Morgan fingerprint density at radius 2 is 2.23 bits per heavy atom. The first-order valence-electron chi connectivity index (χ1n) is 3.99. The average Bonchev–Trinajstić information content (AvgIpc) is 2.03. The van der Waals surface area contributed by atoms with E-state index >= 15 is 0 Å². The quantitative estimate of drug-likeness (QED) is 0.767. The molecule has 0 bridgehead atoms. The number of Topliss-reactive ketones (excluding diaryl/α,β-unsaturated/α-hetero) is 1. The molecule has 1 N–H and O–H groups in total. The van der Waals surface area contributed by atoms with E-state index in [2.05, 4.69) is 0 Å². The molecular formula is C10H12O3. The van der Waals surface area contributed by atoms with E-state index in [1.54, 1.807) is 18.2 Å². The second-order valence-electron chi connectivity index (χ2n) is 2.88. The van der Waals surface area contributed by atoms with Crippen LogP contribution in [0.15, 0.2) is 18.2 Å². The van der Waals surface area contributed by atoms with E-state index in [0.29, 0.717) is 12.2 Å². The van der Waals surface area contributed by atoms with Crippen LogP contribution in [0.2, 0.25) is 0 Å². The molecule has 0 unspecified atom stereocenters. The Morgan fingerprint density at radius 3 is 2.69 bits per heavy atom. The third kappa shape index (κ3) is 2.47. The molecule has 0 saturated carbocycles. The van der Waals surface area contributed by atoms with Crippen LogP contribution in [0.1, 0.15) is 12.5 Å². The molecule has 0 spiro atoms. The number of hydrogen-bond acceptors (Lipinski definition) is 3. The van der Waals surface area contributed by atoms with Gasteiger partial charge >= 0.3 is 0 Å². The number of ether oxygens (including phenoxy) is 1. The maximum atomic E-state index is 10.8. The molecule has 0 aliphatic carbocycles. The zero-order chi connectivity index (χ0) is 9.84. The van der Waals surface area contributed by atoms with Gasteiger partial charge in [0, 0.05) is 6.42 Å². The fraction of sp³-hybridized carbons (Fsp3) is 0.300. The summed E-state index contributed by atoms with van der Waals surface area (Å²) in [7, 11) is 1.49. The van der Waals surface area contributed by atoms with Gasteiger partial charge in [0.05, 0.1) is 7.11 Å². The van der Waals surface area contributed by atoms with E-state index in [1.165, 1.54) is 14.0 Å². The highest BCUT2D eigenvalue weighted by atomic mass is 16.5. The van der Waals surface area contributed by atoms with Gasteiger partial charge in [-0.25, -0.2) is 0 Å². The number of carbonyl (C=O) groups is 1. The van der Waals surface area contributed by atoms with Gasteiger partial charge in [-0.1, -0.05) is 6.07 Å². The van der Waals surface area contributed by atoms with E-state index in [9.17, 15) is 9.90 Å². The van der Waals surface area contributed by atoms with Crippen molar-refractivity contribution in [1.82, 2.24) is 0 Å². The van der Waals surface area contributed by atoms with Crippen molar-refractivity contribution in [3.8, 4) is 11.5 Å². The predicted molar refractivity (Wildman–Crippen MR) is 49.0 cm³/mol. The molecule has 1 rings (SSSR count). The zero-order valence-electron chi connectivity index (χ0n) is 7.70. The molecule has 3 heteroatoms. The number of carbonyl (C=O) groups excluding carboxylic acids is 1. The molecule has 0 amide bonds. The molecule has 0 aliphatic heterocycles. The Bertz CT molecular complexity index is 318. The second kappa shape index (κ2) is 3.94. The van der Waals surface area contributed by atoms with Crippen LogP contribution in [0.5, 0.6) is 11.5 Å². The lowest BCUT2D eigenvalue weighted by Crippen LogP contribution is -1.96. The van der Waals surface area contributed by atoms with Crippen LogP contribution in [-0.2, 0) is 11.2 Å². The number of ketones is 1. The first-order chi connectivity index (χ1) is 6.13. The highest BCUT2D eigenvalue weighted by Crippen LogP contribution is 2.26. The Kier molecular flexibility index (Phi) is 2.90. The minimum absolute atomic E-state index is 0.0706. The lowest BCUT2D eigenvalue weighted by atomic mass is 10.1. The first kappa shape index (κ1) is 9.58. The minimum atomic E-state index is 0.0706. The molecule has 70 valence electrons. The minimum Gasteiger partial charge on any atom is -0.504 e. The summed E-state index contributed by atoms with van der Waals surface area (Å²) < 4.78 is 4.87. The van der Waals surface area contributed by atoms with E-state index in [1.807, 2.05) is 0 Å². The summed E-state index contributed by atoms with van der Waals surface area (Å²) in [6.45, 7) is 1.52. The Labute approximate surface area is 77.0 Å². The lowest BCUT2D eigenvalue weighted by Gasteiger charge is -2.04. The van der Waals surface area contributed by atoms with E-state index in [4.69, 9.17) is 4.74 Å². The molecule has 0 saturated heterocycles. The molecule has 0 atom stereocenters. The molecule has 13 heavy (non-hydrogen) atoms. The summed E-state index contributed by atoms with van der Waals surface area (Å²) in [6, 6.07) is 4.95. The maximum absolute atomic E-state index is 10.8. The number of phenolic OH excluding ortho intramolecular Hbond substituents is 1. The summed E-state index contributed by atoms with van der Waals surface area (Å²) in [4.78, 5) is 10.8. The summed E-state index contributed by atoms with van der Waals surface area (Å²) in [5.41, 5.74) is 0.797. The SMILES string of the molecule is COc1ccc(CC(C)=O)cc1O. The maximum Gasteiger partial charge on any atom is 0.160 e. The third-order valence-electron chi connectivity index (χ3n) is 1.70. The normalized spacial score (nSPS) is 9.69. The summed E-state index contributed by atoms with van der Waals surface area (Å²) in [5.74, 6) is 0.568. The Morgan fingerprint density at radius 1 is 1.54 bits per heavy atom. The zero-order valence-corrected chi connectivity index (χ0v) is 7.70. The summed E-state index contributed by atoms with van der Waals surface area (Å²) in [5, 5.41) is 9.37. The fourth-order valence-corrected chi connectivity index (χ4v) is 1.13. The smallest absolute Gasteiger partial charge is 0.160 e. The van der Waals surface area contributed by atoms with Gasteiger partial charge in [-0.2, -0.15) is 0 Å². The van der Waals surface area contributed by atoms with Crippen LogP contribution in [0.4, 0.5) is 0 Å². The van der Waals surface area contributed by atoms with Crippen molar-refractivity contribution in [1.29, 1.82) is 0 Å². The number of hydrogen-bond donors (Lipinski definition) is 1. The number of methoxy groups -OCH3 is 1. The van der Waals surface area contributed by atoms with E-state index in [0.717, 1.165) is 5.56 Å². The molecule has 0 fully saturated rings. The van der Waals surface area contributed by atoms with Crippen molar-refractivity contribution < 1.29 is 14.6 Å². The van der Waals surface area contributed by atoms with Crippen molar-refractivity contribution in [2.75, 3.05) is 7.11 Å². The van der Waals surface area contributed by atoms with Gasteiger partial charge in [0.2, 0.25) is 0 Å². The topological polar surface area (TPSA) is 46.5 Å². The van der Waals surface area contributed by atoms with Crippen LogP contribution >= 0.6 is 0 Å². The van der Waals surface area contributed by atoms with Crippen molar-refractivity contribution in [2.45, 2.75) is 13.3 Å². The van der Waals surface area contributed by atoms with Gasteiger partial charge in [0.15, 0.2) is 11.5 Å². The van der Waals surface area contributed by atoms with Crippen LogP contribution in [0, 0.1) is 0 Å². The lowest BCUT2D eigenvalue weighted by molar-refractivity contribution is -0.116. The highest BCUT2D eigenvalue weighted by molar-refractivity contribution is 5.78. The summed E-state index contributed by atoms with van der Waals surface area (Å²) in [6.07, 6.45) is 0.345. The van der Waals surface area contributed by atoms with Gasteiger partial charge in [-0.3, -0.25) is 4.79 Å². The van der Waals surface area contributed by atoms with Crippen molar-refractivity contribution >= 4 is 5.78 Å². The summed E-state index contributed by atoms with van der Waals surface area (Å²) >= 11 is 0. The highest BCUT2D eigenvalue weighted by Gasteiger charge is 2.03. The number of rotatable bonds is 3. The van der Waals surface area contributed by atoms with Crippen LogP contribution in [-0.4, -0.2) is 18.0 Å². The molecule has 0 heterocycles. The van der Waals surface area contributed by atoms with E-state index in [-0.39, 0.29) is 11.5 Å².